The predicted molar refractivity (Wildman–Crippen MR) is 147 cm³/mol. The molecular formula is C27H34N5O5P. The van der Waals surface area contributed by atoms with Gasteiger partial charge in [0.2, 0.25) is 0 Å². The number of fused-ring (bicyclic) bond motifs is 1. The molecule has 0 bridgehead atoms. The number of aryl methyl sites for hydroxylation is 1. The number of para-hydroxylation sites is 1. The highest BCUT2D eigenvalue weighted by atomic mass is 31.2. The summed E-state index contributed by atoms with van der Waals surface area (Å²) in [5.74, 6) is 1.69. The van der Waals surface area contributed by atoms with Crippen molar-refractivity contribution in [1.29, 1.82) is 0 Å². The lowest BCUT2D eigenvalue weighted by Gasteiger charge is -2.22. The van der Waals surface area contributed by atoms with Gasteiger partial charge in [0.25, 0.3) is 7.37 Å². The van der Waals surface area contributed by atoms with E-state index in [0.717, 1.165) is 16.9 Å². The van der Waals surface area contributed by atoms with Gasteiger partial charge in [0.15, 0.2) is 11.5 Å². The molecule has 0 amide bonds. The molecule has 2 atom stereocenters. The Morgan fingerprint density at radius 2 is 1.89 bits per heavy atom. The quantitative estimate of drug-likeness (QED) is 0.173. The first-order chi connectivity index (χ1) is 18.4. The number of imidazole rings is 1. The van der Waals surface area contributed by atoms with Crippen LogP contribution in [-0.2, 0) is 27.2 Å². The number of anilines is 1. The van der Waals surface area contributed by atoms with Crippen LogP contribution < -0.4 is 15.0 Å². The van der Waals surface area contributed by atoms with E-state index in [9.17, 15) is 4.57 Å². The molecule has 0 aliphatic carbocycles. The van der Waals surface area contributed by atoms with E-state index in [2.05, 4.69) is 15.0 Å². The molecule has 0 aliphatic rings. The van der Waals surface area contributed by atoms with Gasteiger partial charge < -0.3 is 29.0 Å². The number of hydrogen-bond acceptors (Lipinski definition) is 9. The minimum Gasteiger partial charge on any atom is -0.497 e. The second-order valence-electron chi connectivity index (χ2n) is 9.08. The lowest BCUT2D eigenvalue weighted by Crippen LogP contribution is -2.19. The molecule has 2 aromatic carbocycles. The van der Waals surface area contributed by atoms with Crippen LogP contribution in [0.15, 0.2) is 61.2 Å². The Bertz CT molecular complexity index is 1380. The van der Waals surface area contributed by atoms with Gasteiger partial charge in [-0.25, -0.2) is 15.0 Å². The third-order valence-corrected chi connectivity index (χ3v) is 8.13. The molecular weight excluding hydrogens is 505 g/mol. The molecule has 2 N–H and O–H groups in total. The molecule has 202 valence electrons. The topological polar surface area (TPSA) is 124 Å². The maximum atomic E-state index is 13.8. The monoisotopic (exact) mass is 539 g/mol. The van der Waals surface area contributed by atoms with Crippen LogP contribution in [0.4, 0.5) is 5.82 Å². The number of nitrogens with two attached hydrogens (primary N) is 1. The summed E-state index contributed by atoms with van der Waals surface area (Å²) in [6.45, 7) is 5.31. The van der Waals surface area contributed by atoms with Crippen LogP contribution in [0.2, 0.25) is 0 Å². The molecule has 0 radical (unpaired) electrons. The van der Waals surface area contributed by atoms with Gasteiger partial charge in [-0.05, 0) is 55.7 Å². The molecule has 0 saturated carbocycles. The number of nitrogens with zero attached hydrogens (tertiary/aromatic N) is 4. The maximum Gasteiger partial charge on any atom is 0.272 e. The van der Waals surface area contributed by atoms with Crippen molar-refractivity contribution in [3.8, 4) is 11.5 Å². The van der Waals surface area contributed by atoms with Gasteiger partial charge in [-0.15, -0.1) is 0 Å². The number of aromatic nitrogens is 4. The molecule has 11 heteroatoms. The highest BCUT2D eigenvalue weighted by Crippen LogP contribution is 2.48. The van der Waals surface area contributed by atoms with Crippen LogP contribution in [0.25, 0.3) is 11.2 Å². The highest BCUT2D eigenvalue weighted by Gasteiger charge is 2.26. The molecule has 2 heterocycles. The van der Waals surface area contributed by atoms with Crippen LogP contribution >= 0.6 is 7.37 Å². The summed E-state index contributed by atoms with van der Waals surface area (Å²) in [6, 6.07) is 15.1. The summed E-state index contributed by atoms with van der Waals surface area (Å²) < 4.78 is 38.8. The number of nitrogen functional groups attached to an aromatic ring is 1. The minimum absolute atomic E-state index is 0.0234. The fourth-order valence-electron chi connectivity index (χ4n) is 3.96. The molecule has 0 fully saturated rings. The first kappa shape index (κ1) is 27.6. The first-order valence-corrected chi connectivity index (χ1v) is 14.4. The van der Waals surface area contributed by atoms with Gasteiger partial charge in [-0.3, -0.25) is 4.57 Å². The average molecular weight is 540 g/mol. The lowest BCUT2D eigenvalue weighted by molar-refractivity contribution is 0.0824. The van der Waals surface area contributed by atoms with Crippen molar-refractivity contribution in [1.82, 2.24) is 19.5 Å². The third kappa shape index (κ3) is 7.31. The van der Waals surface area contributed by atoms with Gasteiger partial charge in [0, 0.05) is 12.8 Å². The maximum absolute atomic E-state index is 13.8. The van der Waals surface area contributed by atoms with E-state index in [1.807, 2.05) is 54.8 Å². The van der Waals surface area contributed by atoms with Crippen molar-refractivity contribution in [2.75, 3.05) is 32.0 Å². The summed E-state index contributed by atoms with van der Waals surface area (Å²) in [6.07, 6.45) is 3.65. The van der Waals surface area contributed by atoms with Crippen LogP contribution in [0, 0.1) is 6.92 Å². The largest absolute Gasteiger partial charge is 0.497 e. The van der Waals surface area contributed by atoms with Crippen molar-refractivity contribution in [2.45, 2.75) is 39.5 Å². The Balaban J connectivity index is 1.32. The number of hydrogen-bond donors (Lipinski definition) is 1. The van der Waals surface area contributed by atoms with Gasteiger partial charge >= 0.3 is 0 Å². The number of methoxy groups -OCH3 is 1. The third-order valence-electron chi connectivity index (χ3n) is 6.05. The number of rotatable bonds is 14. The zero-order valence-corrected chi connectivity index (χ0v) is 22.8. The smallest absolute Gasteiger partial charge is 0.272 e. The van der Waals surface area contributed by atoms with Crippen molar-refractivity contribution in [3.05, 3.63) is 72.3 Å². The molecule has 38 heavy (non-hydrogen) atoms. The van der Waals surface area contributed by atoms with Gasteiger partial charge in [-0.2, -0.15) is 0 Å². The SMILES string of the molecule is COc1ccc(COCCCP(=O)(CO[C@H](C)Cn2cnc3c(N)ncnc32)Oc2ccccc2)c(C)c1. The Morgan fingerprint density at radius 1 is 1.08 bits per heavy atom. The summed E-state index contributed by atoms with van der Waals surface area (Å²) in [5.41, 5.74) is 9.24. The molecule has 4 aromatic rings. The van der Waals surface area contributed by atoms with Crippen LogP contribution in [0.1, 0.15) is 24.5 Å². The normalized spacial score (nSPS) is 13.8. The molecule has 0 spiro atoms. The van der Waals surface area contributed by atoms with Crippen molar-refractivity contribution in [3.63, 3.8) is 0 Å². The minimum atomic E-state index is -3.16. The second kappa shape index (κ2) is 12.9. The van der Waals surface area contributed by atoms with E-state index in [1.54, 1.807) is 25.6 Å². The Labute approximate surface area is 222 Å². The Kier molecular flexibility index (Phi) is 9.33. The summed E-state index contributed by atoms with van der Waals surface area (Å²) in [4.78, 5) is 12.5. The summed E-state index contributed by atoms with van der Waals surface area (Å²) >= 11 is 0. The van der Waals surface area contributed by atoms with E-state index in [0.29, 0.717) is 55.1 Å². The fourth-order valence-corrected chi connectivity index (χ4v) is 5.83. The zero-order chi connectivity index (χ0) is 27.0. The molecule has 0 saturated heterocycles. The predicted octanol–water partition coefficient (Wildman–Crippen LogP) is 5.05. The molecule has 0 aliphatic heterocycles. The van der Waals surface area contributed by atoms with E-state index >= 15 is 0 Å². The van der Waals surface area contributed by atoms with E-state index in [-0.39, 0.29) is 12.5 Å². The zero-order valence-electron chi connectivity index (χ0n) is 21.9. The lowest BCUT2D eigenvalue weighted by atomic mass is 10.1. The van der Waals surface area contributed by atoms with Crippen molar-refractivity contribution >= 4 is 24.4 Å². The van der Waals surface area contributed by atoms with Gasteiger partial charge in [0.05, 0.1) is 32.7 Å². The fraction of sp³-hybridized carbons (Fsp3) is 0.370. The van der Waals surface area contributed by atoms with E-state index in [1.165, 1.54) is 6.33 Å². The molecule has 1 unspecified atom stereocenters. The van der Waals surface area contributed by atoms with Crippen LogP contribution in [0.5, 0.6) is 11.5 Å². The standard InChI is InChI=1S/C27H34N5O5P/c1-20-14-24(34-3)11-10-22(20)16-35-12-7-13-38(33,37-23-8-5-4-6-9-23)19-36-21(2)15-32-18-31-25-26(28)29-17-30-27(25)32/h4-6,8-11,14,17-18,21H,7,12-13,15-16,19H2,1-3H3,(H2,28,29,30)/t21-,38?/m1/s1. The van der Waals surface area contributed by atoms with Crippen LogP contribution in [-0.4, -0.2) is 51.8 Å². The summed E-state index contributed by atoms with van der Waals surface area (Å²) in [5, 5.41) is 0. The first-order valence-electron chi connectivity index (χ1n) is 12.4. The van der Waals surface area contributed by atoms with Gasteiger partial charge in [0.1, 0.15) is 29.7 Å². The van der Waals surface area contributed by atoms with E-state index < -0.39 is 7.37 Å². The highest BCUT2D eigenvalue weighted by molar-refractivity contribution is 7.59. The average Bonchev–Trinajstić information content (AvgIpc) is 3.32. The van der Waals surface area contributed by atoms with Crippen molar-refractivity contribution < 1.29 is 23.3 Å². The number of ether oxygens (including phenoxy) is 3. The van der Waals surface area contributed by atoms with E-state index in [4.69, 9.17) is 24.5 Å². The van der Waals surface area contributed by atoms with Crippen molar-refractivity contribution in [2.24, 2.45) is 0 Å². The second-order valence-corrected chi connectivity index (χ2v) is 11.6. The molecule has 2 aromatic heterocycles. The van der Waals surface area contributed by atoms with Gasteiger partial charge in [-0.1, -0.05) is 24.3 Å². The Morgan fingerprint density at radius 3 is 2.66 bits per heavy atom. The summed E-state index contributed by atoms with van der Waals surface area (Å²) in [7, 11) is -1.51. The molecule has 10 nitrogen and oxygen atoms in total. The number of benzene rings is 2. The molecule has 4 rings (SSSR count). The Hall–Kier alpha value is -3.46. The van der Waals surface area contributed by atoms with Crippen LogP contribution in [0.3, 0.4) is 0 Å².